The predicted molar refractivity (Wildman–Crippen MR) is 100 cm³/mol. The summed E-state index contributed by atoms with van der Waals surface area (Å²) in [6.45, 7) is 5.15. The second-order valence-corrected chi connectivity index (χ2v) is 6.99. The molecule has 2 aliphatic heterocycles. The third-order valence-electron chi connectivity index (χ3n) is 4.83. The van der Waals surface area contributed by atoms with Gasteiger partial charge >= 0.3 is 5.97 Å². The van der Waals surface area contributed by atoms with E-state index in [1.165, 1.54) is 0 Å². The van der Waals surface area contributed by atoms with Gasteiger partial charge < -0.3 is 24.4 Å². The van der Waals surface area contributed by atoms with Gasteiger partial charge in [0, 0.05) is 11.7 Å². The van der Waals surface area contributed by atoms with Crippen molar-refractivity contribution in [2.24, 2.45) is 0 Å². The standard InChI is InChI=1S/C19H22N2O4S/c1-3-23-18(22)16-11(2)21(13-5-6-13)19(26)20-17(16)12-4-7-14-15(10-12)25-9-8-24-14/h4,7,10,13,17H,3,5-6,8-9H2,1-2H3,(H,20,26). The Morgan fingerprint density at radius 2 is 2.04 bits per heavy atom. The molecule has 1 aromatic rings. The van der Waals surface area contributed by atoms with Crippen LogP contribution in [0.1, 0.15) is 38.3 Å². The second-order valence-electron chi connectivity index (χ2n) is 6.61. The zero-order chi connectivity index (χ0) is 18.3. The summed E-state index contributed by atoms with van der Waals surface area (Å²) in [5, 5.41) is 3.98. The summed E-state index contributed by atoms with van der Waals surface area (Å²) in [4.78, 5) is 14.8. The van der Waals surface area contributed by atoms with E-state index in [9.17, 15) is 4.79 Å². The van der Waals surface area contributed by atoms with Crippen LogP contribution in [0.3, 0.4) is 0 Å². The molecule has 4 rings (SSSR count). The molecule has 1 aliphatic carbocycles. The van der Waals surface area contributed by atoms with E-state index in [0.29, 0.717) is 42.3 Å². The summed E-state index contributed by atoms with van der Waals surface area (Å²) in [5.74, 6) is 1.09. The van der Waals surface area contributed by atoms with Crippen LogP contribution in [0, 0.1) is 0 Å². The van der Waals surface area contributed by atoms with Crippen molar-refractivity contribution in [2.45, 2.75) is 38.8 Å². The molecule has 3 aliphatic rings. The van der Waals surface area contributed by atoms with Crippen molar-refractivity contribution < 1.29 is 19.0 Å². The van der Waals surface area contributed by atoms with Crippen LogP contribution in [0.5, 0.6) is 11.5 Å². The summed E-state index contributed by atoms with van der Waals surface area (Å²) < 4.78 is 16.6. The normalized spacial score (nSPS) is 22.2. The Kier molecular flexibility index (Phi) is 4.48. The summed E-state index contributed by atoms with van der Waals surface area (Å²) in [6.07, 6.45) is 2.17. The Bertz CT molecular complexity index is 788. The second kappa shape index (κ2) is 6.79. The fourth-order valence-electron chi connectivity index (χ4n) is 3.49. The van der Waals surface area contributed by atoms with Crippen molar-refractivity contribution in [2.75, 3.05) is 19.8 Å². The molecule has 26 heavy (non-hydrogen) atoms. The third kappa shape index (κ3) is 3.00. The van der Waals surface area contributed by atoms with Crippen molar-refractivity contribution in [1.82, 2.24) is 10.2 Å². The van der Waals surface area contributed by atoms with Gasteiger partial charge in [-0.1, -0.05) is 6.07 Å². The SMILES string of the molecule is CCOC(=O)C1=C(C)N(C2CC2)C(=S)NC1c1ccc2c(c1)OCCO2. The van der Waals surface area contributed by atoms with E-state index >= 15 is 0 Å². The lowest BCUT2D eigenvalue weighted by atomic mass is 9.94. The molecule has 0 aromatic heterocycles. The number of nitrogens with zero attached hydrogens (tertiary/aromatic N) is 1. The number of ether oxygens (including phenoxy) is 3. The van der Waals surface area contributed by atoms with E-state index in [4.69, 9.17) is 26.4 Å². The number of thiocarbonyl (C=S) groups is 1. The number of allylic oxidation sites excluding steroid dienone is 1. The molecule has 6 nitrogen and oxygen atoms in total. The highest BCUT2D eigenvalue weighted by molar-refractivity contribution is 7.80. The van der Waals surface area contributed by atoms with E-state index in [-0.39, 0.29) is 12.0 Å². The molecule has 7 heteroatoms. The van der Waals surface area contributed by atoms with Gasteiger partial charge in [-0.2, -0.15) is 0 Å². The molecule has 1 saturated carbocycles. The first kappa shape index (κ1) is 17.1. The quantitative estimate of drug-likeness (QED) is 0.642. The van der Waals surface area contributed by atoms with Gasteiger partial charge in [0.15, 0.2) is 16.6 Å². The lowest BCUT2D eigenvalue weighted by Gasteiger charge is -2.38. The molecule has 1 aromatic carbocycles. The smallest absolute Gasteiger partial charge is 0.338 e. The molecular weight excluding hydrogens is 352 g/mol. The number of carbonyl (C=O) groups excluding carboxylic acids is 1. The van der Waals surface area contributed by atoms with Gasteiger partial charge in [-0.05, 0) is 56.6 Å². The molecule has 0 spiro atoms. The van der Waals surface area contributed by atoms with E-state index < -0.39 is 0 Å². The molecule has 0 bridgehead atoms. The molecule has 1 fully saturated rings. The molecule has 0 amide bonds. The average molecular weight is 374 g/mol. The minimum Gasteiger partial charge on any atom is -0.486 e. The number of nitrogens with one attached hydrogen (secondary N) is 1. The fourth-order valence-corrected chi connectivity index (χ4v) is 3.90. The Balaban J connectivity index is 1.75. The summed E-state index contributed by atoms with van der Waals surface area (Å²) >= 11 is 5.60. The first-order valence-electron chi connectivity index (χ1n) is 8.97. The van der Waals surface area contributed by atoms with Crippen LogP contribution in [0.4, 0.5) is 0 Å². The number of fused-ring (bicyclic) bond motifs is 1. The highest BCUT2D eigenvalue weighted by Gasteiger charge is 2.41. The maximum absolute atomic E-state index is 12.7. The number of hydrogen-bond acceptors (Lipinski definition) is 5. The molecular formula is C19H22N2O4S. The highest BCUT2D eigenvalue weighted by atomic mass is 32.1. The van der Waals surface area contributed by atoms with Crippen molar-refractivity contribution in [3.8, 4) is 11.5 Å². The zero-order valence-electron chi connectivity index (χ0n) is 14.9. The topological polar surface area (TPSA) is 60.0 Å². The number of esters is 1. The van der Waals surface area contributed by atoms with Crippen molar-refractivity contribution in [1.29, 1.82) is 0 Å². The van der Waals surface area contributed by atoms with Gasteiger partial charge in [-0.15, -0.1) is 0 Å². The molecule has 1 N–H and O–H groups in total. The van der Waals surface area contributed by atoms with Crippen LogP contribution in [-0.4, -0.2) is 41.8 Å². The first-order valence-corrected chi connectivity index (χ1v) is 9.38. The molecule has 1 unspecified atom stereocenters. The van der Waals surface area contributed by atoms with Crippen LogP contribution in [-0.2, 0) is 9.53 Å². The third-order valence-corrected chi connectivity index (χ3v) is 5.15. The molecule has 138 valence electrons. The van der Waals surface area contributed by atoms with Crippen molar-refractivity contribution in [3.63, 3.8) is 0 Å². The number of hydrogen-bond donors (Lipinski definition) is 1. The largest absolute Gasteiger partial charge is 0.486 e. The van der Waals surface area contributed by atoms with Gasteiger partial charge in [0.05, 0.1) is 18.2 Å². The lowest BCUT2D eigenvalue weighted by molar-refractivity contribution is -0.139. The van der Waals surface area contributed by atoms with Gasteiger partial charge in [-0.25, -0.2) is 4.79 Å². The lowest BCUT2D eigenvalue weighted by Crippen LogP contribution is -2.48. The van der Waals surface area contributed by atoms with E-state index in [2.05, 4.69) is 10.2 Å². The Hall–Kier alpha value is -2.28. The maximum atomic E-state index is 12.7. The van der Waals surface area contributed by atoms with Crippen molar-refractivity contribution >= 4 is 23.3 Å². The predicted octanol–water partition coefficient (Wildman–Crippen LogP) is 2.69. The first-order chi connectivity index (χ1) is 12.6. The van der Waals surface area contributed by atoms with Crippen LogP contribution in [0.25, 0.3) is 0 Å². The zero-order valence-corrected chi connectivity index (χ0v) is 15.7. The number of carbonyl (C=O) groups is 1. The maximum Gasteiger partial charge on any atom is 0.338 e. The van der Waals surface area contributed by atoms with Crippen LogP contribution < -0.4 is 14.8 Å². The fraction of sp³-hybridized carbons (Fsp3) is 0.474. The van der Waals surface area contributed by atoms with E-state index in [1.54, 1.807) is 0 Å². The van der Waals surface area contributed by atoms with Gasteiger partial charge in [0.2, 0.25) is 0 Å². The summed E-state index contributed by atoms with van der Waals surface area (Å²) in [5.41, 5.74) is 2.37. The monoisotopic (exact) mass is 374 g/mol. The number of rotatable bonds is 4. The van der Waals surface area contributed by atoms with Crippen molar-refractivity contribution in [3.05, 3.63) is 35.0 Å². The Morgan fingerprint density at radius 3 is 2.73 bits per heavy atom. The van der Waals surface area contributed by atoms with Gasteiger partial charge in [0.25, 0.3) is 0 Å². The van der Waals surface area contributed by atoms with Gasteiger partial charge in [0.1, 0.15) is 13.2 Å². The van der Waals surface area contributed by atoms with Crippen LogP contribution in [0.15, 0.2) is 29.5 Å². The molecule has 0 saturated heterocycles. The van der Waals surface area contributed by atoms with E-state index in [1.807, 2.05) is 32.0 Å². The molecule has 0 radical (unpaired) electrons. The Morgan fingerprint density at radius 1 is 1.31 bits per heavy atom. The highest BCUT2D eigenvalue weighted by Crippen LogP contribution is 2.40. The minimum atomic E-state index is -0.368. The average Bonchev–Trinajstić information content (AvgIpc) is 3.46. The molecule has 2 heterocycles. The number of benzene rings is 1. The van der Waals surface area contributed by atoms with Gasteiger partial charge in [-0.3, -0.25) is 0 Å². The summed E-state index contributed by atoms with van der Waals surface area (Å²) in [7, 11) is 0. The minimum absolute atomic E-state index is 0.314. The summed E-state index contributed by atoms with van der Waals surface area (Å²) in [6, 6.07) is 5.73. The Labute approximate surface area is 158 Å². The van der Waals surface area contributed by atoms with E-state index in [0.717, 1.165) is 29.9 Å². The van der Waals surface area contributed by atoms with Crippen LogP contribution >= 0.6 is 12.2 Å². The molecule has 1 atom stereocenters. The van der Waals surface area contributed by atoms with Crippen LogP contribution in [0.2, 0.25) is 0 Å².